The number of anilines is 1. The SMILES string of the molecule is COc1ccc2c(-c3ccccc3)cc(SCC(=O)Nc3cccnc3Cl)nc2c1. The zero-order valence-electron chi connectivity index (χ0n) is 16.1. The molecule has 0 aliphatic heterocycles. The van der Waals surface area contributed by atoms with Gasteiger partial charge in [-0.05, 0) is 41.5 Å². The van der Waals surface area contributed by atoms with Crippen molar-refractivity contribution in [3.63, 3.8) is 0 Å². The normalized spacial score (nSPS) is 10.7. The Kier molecular flexibility index (Phi) is 6.16. The number of halogens is 1. The smallest absolute Gasteiger partial charge is 0.234 e. The van der Waals surface area contributed by atoms with Crippen LogP contribution >= 0.6 is 23.4 Å². The van der Waals surface area contributed by atoms with Gasteiger partial charge in [-0.25, -0.2) is 9.97 Å². The van der Waals surface area contributed by atoms with Gasteiger partial charge in [-0.1, -0.05) is 53.7 Å². The first-order valence-electron chi connectivity index (χ1n) is 9.21. The van der Waals surface area contributed by atoms with Gasteiger partial charge < -0.3 is 10.1 Å². The molecule has 30 heavy (non-hydrogen) atoms. The molecule has 4 aromatic rings. The lowest BCUT2D eigenvalue weighted by molar-refractivity contribution is -0.113. The van der Waals surface area contributed by atoms with E-state index in [2.05, 4.69) is 22.4 Å². The van der Waals surface area contributed by atoms with Crippen molar-refractivity contribution in [2.75, 3.05) is 18.2 Å². The second-order valence-electron chi connectivity index (χ2n) is 6.44. The molecule has 0 radical (unpaired) electrons. The minimum atomic E-state index is -0.177. The highest BCUT2D eigenvalue weighted by molar-refractivity contribution is 7.99. The van der Waals surface area contributed by atoms with Crippen LogP contribution in [0.15, 0.2) is 78.0 Å². The fraction of sp³-hybridized carbons (Fsp3) is 0.0870. The van der Waals surface area contributed by atoms with Gasteiger partial charge in [0.1, 0.15) is 5.75 Å². The molecule has 2 aromatic carbocycles. The number of fused-ring (bicyclic) bond motifs is 1. The highest BCUT2D eigenvalue weighted by atomic mass is 35.5. The van der Waals surface area contributed by atoms with Crippen LogP contribution in [0, 0.1) is 0 Å². The lowest BCUT2D eigenvalue weighted by atomic mass is 10.0. The molecule has 0 saturated carbocycles. The molecule has 0 bridgehead atoms. The van der Waals surface area contributed by atoms with E-state index in [9.17, 15) is 4.79 Å². The molecule has 0 fully saturated rings. The molecule has 2 heterocycles. The van der Waals surface area contributed by atoms with E-state index >= 15 is 0 Å². The Labute approximate surface area is 183 Å². The number of benzene rings is 2. The molecule has 0 unspecified atom stereocenters. The van der Waals surface area contributed by atoms with Crippen LogP contribution in [0.2, 0.25) is 5.15 Å². The molecule has 4 rings (SSSR count). The number of methoxy groups -OCH3 is 1. The number of hydrogen-bond donors (Lipinski definition) is 1. The Morgan fingerprint density at radius 2 is 1.93 bits per heavy atom. The van der Waals surface area contributed by atoms with Gasteiger partial charge in [-0.15, -0.1) is 0 Å². The highest BCUT2D eigenvalue weighted by Crippen LogP contribution is 2.33. The number of nitrogens with zero attached hydrogens (tertiary/aromatic N) is 2. The molecule has 0 atom stereocenters. The van der Waals surface area contributed by atoms with E-state index in [1.165, 1.54) is 11.8 Å². The van der Waals surface area contributed by atoms with Crippen LogP contribution in [-0.2, 0) is 4.79 Å². The summed E-state index contributed by atoms with van der Waals surface area (Å²) in [6.45, 7) is 0. The minimum Gasteiger partial charge on any atom is -0.497 e. The molecular weight excluding hydrogens is 418 g/mol. The number of carbonyl (C=O) groups is 1. The maximum atomic E-state index is 12.4. The number of thioether (sulfide) groups is 1. The summed E-state index contributed by atoms with van der Waals surface area (Å²) in [5.74, 6) is 0.755. The average molecular weight is 436 g/mol. The fourth-order valence-electron chi connectivity index (χ4n) is 3.05. The van der Waals surface area contributed by atoms with Crippen LogP contribution < -0.4 is 10.1 Å². The molecule has 1 N–H and O–H groups in total. The third-order valence-corrected chi connectivity index (χ3v) is 5.68. The largest absolute Gasteiger partial charge is 0.497 e. The average Bonchev–Trinajstić information content (AvgIpc) is 2.79. The summed E-state index contributed by atoms with van der Waals surface area (Å²) in [6.07, 6.45) is 1.57. The van der Waals surface area contributed by atoms with Gasteiger partial charge in [0, 0.05) is 17.6 Å². The van der Waals surface area contributed by atoms with E-state index in [1.807, 2.05) is 42.5 Å². The Balaban J connectivity index is 1.62. The molecule has 1 amide bonds. The first-order valence-corrected chi connectivity index (χ1v) is 10.6. The topological polar surface area (TPSA) is 64.1 Å². The highest BCUT2D eigenvalue weighted by Gasteiger charge is 2.12. The molecular formula is C23H18ClN3O2S. The van der Waals surface area contributed by atoms with Crippen LogP contribution in [0.1, 0.15) is 0 Å². The van der Waals surface area contributed by atoms with Gasteiger partial charge in [0.2, 0.25) is 5.91 Å². The molecule has 0 aliphatic carbocycles. The monoisotopic (exact) mass is 435 g/mol. The Morgan fingerprint density at radius 3 is 2.70 bits per heavy atom. The second kappa shape index (κ2) is 9.15. The summed E-state index contributed by atoms with van der Waals surface area (Å²) in [5, 5.41) is 4.82. The van der Waals surface area contributed by atoms with Gasteiger partial charge >= 0.3 is 0 Å². The standard InChI is InChI=1S/C23H18ClN3O2S/c1-29-16-9-10-17-18(15-6-3-2-4-7-15)13-22(27-20(17)12-16)30-14-21(28)26-19-8-5-11-25-23(19)24/h2-13H,14H2,1H3,(H,26,28). The number of nitrogens with one attached hydrogen (secondary N) is 1. The summed E-state index contributed by atoms with van der Waals surface area (Å²) < 4.78 is 5.35. The van der Waals surface area contributed by atoms with Crippen molar-refractivity contribution in [3.8, 4) is 16.9 Å². The first-order chi connectivity index (χ1) is 14.6. The van der Waals surface area contributed by atoms with E-state index in [-0.39, 0.29) is 16.8 Å². The summed E-state index contributed by atoms with van der Waals surface area (Å²) in [7, 11) is 1.63. The molecule has 5 nitrogen and oxygen atoms in total. The van der Waals surface area contributed by atoms with Crippen molar-refractivity contribution in [2.24, 2.45) is 0 Å². The van der Waals surface area contributed by atoms with Crippen LogP contribution in [0.5, 0.6) is 5.75 Å². The van der Waals surface area contributed by atoms with E-state index in [1.54, 1.807) is 25.4 Å². The maximum absolute atomic E-state index is 12.4. The number of amides is 1. The summed E-state index contributed by atoms with van der Waals surface area (Å²) >= 11 is 7.37. The third kappa shape index (κ3) is 4.56. The van der Waals surface area contributed by atoms with Crippen molar-refractivity contribution in [3.05, 3.63) is 78.1 Å². The van der Waals surface area contributed by atoms with Gasteiger partial charge in [0.15, 0.2) is 5.15 Å². The van der Waals surface area contributed by atoms with Crippen LogP contribution in [-0.4, -0.2) is 28.7 Å². The Bertz CT molecular complexity index is 1200. The predicted octanol–water partition coefficient (Wildman–Crippen LogP) is 5.69. The van der Waals surface area contributed by atoms with Gasteiger partial charge in [0.05, 0.1) is 29.1 Å². The molecule has 2 aromatic heterocycles. The molecule has 150 valence electrons. The number of pyridine rings is 2. The number of ether oxygens (including phenoxy) is 1. The van der Waals surface area contributed by atoms with Crippen molar-refractivity contribution in [1.29, 1.82) is 0 Å². The first kappa shape index (κ1) is 20.2. The maximum Gasteiger partial charge on any atom is 0.234 e. The number of aromatic nitrogens is 2. The second-order valence-corrected chi connectivity index (χ2v) is 7.79. The lowest BCUT2D eigenvalue weighted by Crippen LogP contribution is -2.14. The van der Waals surface area contributed by atoms with Gasteiger partial charge in [-0.3, -0.25) is 4.79 Å². The molecule has 7 heteroatoms. The third-order valence-electron chi connectivity index (χ3n) is 4.46. The zero-order chi connectivity index (χ0) is 20.9. The minimum absolute atomic E-state index is 0.177. The van der Waals surface area contributed by atoms with Crippen LogP contribution in [0.4, 0.5) is 5.69 Å². The fourth-order valence-corrected chi connectivity index (χ4v) is 3.93. The molecule has 0 aliphatic rings. The van der Waals surface area contributed by atoms with E-state index in [4.69, 9.17) is 21.3 Å². The molecule has 0 spiro atoms. The van der Waals surface area contributed by atoms with Crippen molar-refractivity contribution in [1.82, 2.24) is 9.97 Å². The number of rotatable bonds is 6. The Morgan fingerprint density at radius 1 is 1.10 bits per heavy atom. The van der Waals surface area contributed by atoms with E-state index in [0.717, 1.165) is 32.8 Å². The summed E-state index contributed by atoms with van der Waals surface area (Å²) in [6, 6.07) is 21.4. The van der Waals surface area contributed by atoms with Gasteiger partial charge in [0.25, 0.3) is 0 Å². The Hall–Kier alpha value is -3.09. The van der Waals surface area contributed by atoms with Crippen molar-refractivity contribution in [2.45, 2.75) is 5.03 Å². The van der Waals surface area contributed by atoms with Crippen LogP contribution in [0.25, 0.3) is 22.0 Å². The zero-order valence-corrected chi connectivity index (χ0v) is 17.7. The summed E-state index contributed by atoms with van der Waals surface area (Å²) in [4.78, 5) is 21.1. The predicted molar refractivity (Wildman–Crippen MR) is 122 cm³/mol. The number of hydrogen-bond acceptors (Lipinski definition) is 5. The summed E-state index contributed by atoms with van der Waals surface area (Å²) in [5.41, 5.74) is 3.45. The number of carbonyl (C=O) groups excluding carboxylic acids is 1. The quantitative estimate of drug-likeness (QED) is 0.311. The van der Waals surface area contributed by atoms with Crippen molar-refractivity contribution >= 4 is 45.9 Å². The van der Waals surface area contributed by atoms with Crippen molar-refractivity contribution < 1.29 is 9.53 Å². The molecule has 0 saturated heterocycles. The van der Waals surface area contributed by atoms with E-state index in [0.29, 0.717) is 5.69 Å². The van der Waals surface area contributed by atoms with Gasteiger partial charge in [-0.2, -0.15) is 0 Å². The van der Waals surface area contributed by atoms with Crippen LogP contribution in [0.3, 0.4) is 0 Å². The van der Waals surface area contributed by atoms with E-state index < -0.39 is 0 Å². The lowest BCUT2D eigenvalue weighted by Gasteiger charge is -2.11.